The summed E-state index contributed by atoms with van der Waals surface area (Å²) in [4.78, 5) is 21.9. The summed E-state index contributed by atoms with van der Waals surface area (Å²) in [6.07, 6.45) is 2.02. The van der Waals surface area contributed by atoms with E-state index in [1.165, 1.54) is 16.8 Å². The van der Waals surface area contributed by atoms with Crippen LogP contribution in [-0.2, 0) is 6.54 Å². The van der Waals surface area contributed by atoms with Crippen LogP contribution in [0.1, 0.15) is 20.3 Å². The number of aryl methyl sites for hydroxylation is 1. The second-order valence-electron chi connectivity index (χ2n) is 4.26. The van der Waals surface area contributed by atoms with Crippen molar-refractivity contribution in [3.05, 3.63) is 37.2 Å². The van der Waals surface area contributed by atoms with Gasteiger partial charge in [-0.1, -0.05) is 13.8 Å². The fourth-order valence-corrected chi connectivity index (χ4v) is 1.95. The lowest BCUT2D eigenvalue weighted by Crippen LogP contribution is -2.27. The van der Waals surface area contributed by atoms with Crippen LogP contribution in [0.4, 0.5) is 5.69 Å². The first-order valence-electron chi connectivity index (χ1n) is 5.69. The van der Waals surface area contributed by atoms with Crippen LogP contribution in [0.15, 0.2) is 21.5 Å². The van der Waals surface area contributed by atoms with Gasteiger partial charge < -0.3 is 9.88 Å². The molecule has 0 aliphatic carbocycles. The van der Waals surface area contributed by atoms with Crippen molar-refractivity contribution in [1.82, 2.24) is 9.88 Å². The lowest BCUT2D eigenvalue weighted by atomic mass is 10.3. The molecule has 1 heterocycles. The fraction of sp³-hybridized carbons (Fsp3) is 0.545. The van der Waals surface area contributed by atoms with Gasteiger partial charge in [-0.3, -0.25) is 14.9 Å². The van der Waals surface area contributed by atoms with Crippen LogP contribution >= 0.6 is 15.9 Å². The summed E-state index contributed by atoms with van der Waals surface area (Å²) in [6.45, 7) is 5.30. The molecule has 1 N–H and O–H groups in total. The van der Waals surface area contributed by atoms with Crippen LogP contribution in [0.5, 0.6) is 0 Å². The summed E-state index contributed by atoms with van der Waals surface area (Å²) in [6, 6.07) is 1.61. The molecule has 1 aromatic rings. The Hall–Kier alpha value is -1.21. The molecule has 0 unspecified atom stereocenters. The van der Waals surface area contributed by atoms with Gasteiger partial charge in [0, 0.05) is 18.7 Å². The van der Waals surface area contributed by atoms with Gasteiger partial charge in [0.15, 0.2) is 0 Å². The summed E-state index contributed by atoms with van der Waals surface area (Å²) in [7, 11) is 0. The maximum absolute atomic E-state index is 11.7. The Labute approximate surface area is 113 Å². The van der Waals surface area contributed by atoms with Gasteiger partial charge in [-0.05, 0) is 28.9 Å². The quantitative estimate of drug-likeness (QED) is 0.494. The lowest BCUT2D eigenvalue weighted by molar-refractivity contribution is -0.385. The molecule has 0 aromatic carbocycles. The van der Waals surface area contributed by atoms with Crippen molar-refractivity contribution in [2.75, 3.05) is 6.54 Å². The van der Waals surface area contributed by atoms with E-state index in [1.54, 1.807) is 0 Å². The summed E-state index contributed by atoms with van der Waals surface area (Å²) in [5.41, 5.74) is -0.330. The molecule has 0 aliphatic rings. The van der Waals surface area contributed by atoms with Crippen molar-refractivity contribution >= 4 is 21.6 Å². The van der Waals surface area contributed by atoms with Gasteiger partial charge in [0.2, 0.25) is 0 Å². The third kappa shape index (κ3) is 4.23. The highest BCUT2D eigenvalue weighted by molar-refractivity contribution is 9.10. The standard InChI is InChI=1S/C11H16BrN3O3/c1-8(2)13-4-3-5-14-7-9(15(17)18)6-10(12)11(14)16/h6-8,13H,3-5H2,1-2H3. The number of hydrogen-bond donors (Lipinski definition) is 1. The molecule has 0 spiro atoms. The minimum atomic E-state index is -0.507. The average molecular weight is 318 g/mol. The van der Waals surface area contributed by atoms with Crippen LogP contribution in [0.25, 0.3) is 0 Å². The van der Waals surface area contributed by atoms with E-state index in [0.29, 0.717) is 12.6 Å². The molecule has 0 saturated heterocycles. The van der Waals surface area contributed by atoms with Crippen molar-refractivity contribution < 1.29 is 4.92 Å². The van der Waals surface area contributed by atoms with Gasteiger partial charge in [-0.25, -0.2) is 0 Å². The minimum Gasteiger partial charge on any atom is -0.314 e. The zero-order valence-corrected chi connectivity index (χ0v) is 11.9. The summed E-state index contributed by atoms with van der Waals surface area (Å²) < 4.78 is 1.58. The fourth-order valence-electron chi connectivity index (χ4n) is 1.49. The van der Waals surface area contributed by atoms with Gasteiger partial charge in [-0.15, -0.1) is 0 Å². The van der Waals surface area contributed by atoms with Crippen LogP contribution < -0.4 is 10.9 Å². The molecular formula is C11H16BrN3O3. The molecular weight excluding hydrogens is 302 g/mol. The van der Waals surface area contributed by atoms with E-state index < -0.39 is 4.92 Å². The van der Waals surface area contributed by atoms with E-state index in [-0.39, 0.29) is 15.7 Å². The molecule has 0 amide bonds. The lowest BCUT2D eigenvalue weighted by Gasteiger charge is -2.09. The summed E-state index contributed by atoms with van der Waals surface area (Å²) in [5.74, 6) is 0. The maximum Gasteiger partial charge on any atom is 0.286 e. The molecule has 1 aromatic heterocycles. The Morgan fingerprint density at radius 1 is 1.56 bits per heavy atom. The van der Waals surface area contributed by atoms with Crippen molar-refractivity contribution in [2.45, 2.75) is 32.9 Å². The predicted molar refractivity (Wildman–Crippen MR) is 72.8 cm³/mol. The average Bonchev–Trinajstić information content (AvgIpc) is 2.28. The van der Waals surface area contributed by atoms with Gasteiger partial charge in [0.1, 0.15) is 0 Å². The smallest absolute Gasteiger partial charge is 0.286 e. The molecule has 0 fully saturated rings. The molecule has 0 saturated carbocycles. The van der Waals surface area contributed by atoms with Crippen molar-refractivity contribution in [3.8, 4) is 0 Å². The molecule has 0 radical (unpaired) electrons. The number of pyridine rings is 1. The largest absolute Gasteiger partial charge is 0.314 e. The second-order valence-corrected chi connectivity index (χ2v) is 5.12. The zero-order chi connectivity index (χ0) is 13.7. The Kier molecular flexibility index (Phi) is 5.49. The van der Waals surface area contributed by atoms with E-state index in [0.717, 1.165) is 13.0 Å². The first-order valence-corrected chi connectivity index (χ1v) is 6.49. The van der Waals surface area contributed by atoms with Crippen molar-refractivity contribution in [3.63, 3.8) is 0 Å². The molecule has 6 nitrogen and oxygen atoms in total. The molecule has 0 atom stereocenters. The Balaban J connectivity index is 2.75. The van der Waals surface area contributed by atoms with E-state index in [4.69, 9.17) is 0 Å². The van der Waals surface area contributed by atoms with Crippen molar-refractivity contribution in [2.24, 2.45) is 0 Å². The summed E-state index contributed by atoms with van der Waals surface area (Å²) >= 11 is 3.04. The van der Waals surface area contributed by atoms with Gasteiger partial charge in [-0.2, -0.15) is 0 Å². The first kappa shape index (κ1) is 14.8. The Bertz CT molecular complexity index is 485. The molecule has 100 valence electrons. The van der Waals surface area contributed by atoms with Gasteiger partial charge in [0.05, 0.1) is 15.6 Å². The van der Waals surface area contributed by atoms with Crippen LogP contribution in [-0.4, -0.2) is 22.1 Å². The molecule has 1 rings (SSSR count). The SMILES string of the molecule is CC(C)NCCCn1cc([N+](=O)[O-])cc(Br)c1=O. The normalized spacial score (nSPS) is 10.9. The minimum absolute atomic E-state index is 0.0849. The maximum atomic E-state index is 11.7. The van der Waals surface area contributed by atoms with E-state index in [9.17, 15) is 14.9 Å². The van der Waals surface area contributed by atoms with Crippen molar-refractivity contribution in [1.29, 1.82) is 0 Å². The number of rotatable bonds is 6. The second kappa shape index (κ2) is 6.65. The summed E-state index contributed by atoms with van der Waals surface area (Å²) in [5, 5.41) is 13.9. The van der Waals surface area contributed by atoms with E-state index in [2.05, 4.69) is 21.2 Å². The van der Waals surface area contributed by atoms with Crippen LogP contribution in [0.2, 0.25) is 0 Å². The Morgan fingerprint density at radius 3 is 2.78 bits per heavy atom. The van der Waals surface area contributed by atoms with Gasteiger partial charge in [0.25, 0.3) is 11.2 Å². The number of nitrogens with one attached hydrogen (secondary N) is 1. The highest BCUT2D eigenvalue weighted by atomic mass is 79.9. The molecule has 0 aliphatic heterocycles. The number of nitro groups is 1. The first-order chi connectivity index (χ1) is 8.41. The van der Waals surface area contributed by atoms with Gasteiger partial charge >= 0.3 is 0 Å². The number of aromatic nitrogens is 1. The number of hydrogen-bond acceptors (Lipinski definition) is 4. The third-order valence-corrected chi connectivity index (χ3v) is 2.94. The van der Waals surface area contributed by atoms with Crippen LogP contribution in [0.3, 0.4) is 0 Å². The number of nitrogens with zero attached hydrogens (tertiary/aromatic N) is 2. The van der Waals surface area contributed by atoms with Crippen LogP contribution in [0, 0.1) is 10.1 Å². The Morgan fingerprint density at radius 2 is 2.22 bits per heavy atom. The highest BCUT2D eigenvalue weighted by Crippen LogP contribution is 2.14. The predicted octanol–water partition coefficient (Wildman–Crippen LogP) is 1.91. The highest BCUT2D eigenvalue weighted by Gasteiger charge is 2.11. The van der Waals surface area contributed by atoms with E-state index in [1.807, 2.05) is 13.8 Å². The molecule has 0 bridgehead atoms. The topological polar surface area (TPSA) is 77.2 Å². The molecule has 7 heteroatoms. The molecule has 18 heavy (non-hydrogen) atoms. The zero-order valence-electron chi connectivity index (χ0n) is 10.4. The monoisotopic (exact) mass is 317 g/mol. The van der Waals surface area contributed by atoms with E-state index >= 15 is 0 Å². The number of halogens is 1. The third-order valence-electron chi connectivity index (χ3n) is 2.37.